The average molecular weight is 169 g/mol. The molecule has 0 saturated heterocycles. The molecule has 48 valence electrons. The number of hydrogen-bond acceptors (Lipinski definition) is 0. The molecule has 1 aliphatic carbocycles. The summed E-state index contributed by atoms with van der Waals surface area (Å²) in [5.74, 6) is 1.00. The molecule has 0 aromatic carbocycles. The largest absolute Gasteiger partial charge is 0.237 e. The van der Waals surface area contributed by atoms with Gasteiger partial charge in [0.05, 0.1) is 0 Å². The van der Waals surface area contributed by atoms with Crippen LogP contribution in [-0.2, 0) is 0 Å². The third-order valence-electron chi connectivity index (χ3n) is 1.49. The third kappa shape index (κ3) is 2.95. The average Bonchev–Trinajstić information content (AvgIpc) is 2.41. The van der Waals surface area contributed by atoms with Crippen molar-refractivity contribution in [2.24, 2.45) is 5.92 Å². The standard InChI is InChI=1S/C5H10Cl2Si/c6-8(7)4-3-5-1-2-5/h5,8H,1-4H2. The highest BCUT2D eigenvalue weighted by molar-refractivity contribution is 7.33. The van der Waals surface area contributed by atoms with Gasteiger partial charge in [0.1, 0.15) is 0 Å². The molecule has 8 heavy (non-hydrogen) atoms. The lowest BCUT2D eigenvalue weighted by Crippen LogP contribution is -1.91. The van der Waals surface area contributed by atoms with Crippen LogP contribution < -0.4 is 0 Å². The maximum atomic E-state index is 5.65. The van der Waals surface area contributed by atoms with Crippen LogP contribution in [0.1, 0.15) is 19.3 Å². The molecule has 0 aromatic heterocycles. The van der Waals surface area contributed by atoms with Crippen LogP contribution in [0.15, 0.2) is 0 Å². The van der Waals surface area contributed by atoms with Gasteiger partial charge in [-0.1, -0.05) is 19.3 Å². The molecule has 0 amide bonds. The molecule has 0 nitrogen and oxygen atoms in total. The second-order valence-electron chi connectivity index (χ2n) is 2.41. The summed E-state index contributed by atoms with van der Waals surface area (Å²) in [5.41, 5.74) is 0. The molecule has 0 aromatic rings. The van der Waals surface area contributed by atoms with Crippen molar-refractivity contribution < 1.29 is 0 Å². The molecular weight excluding hydrogens is 159 g/mol. The van der Waals surface area contributed by atoms with Crippen molar-refractivity contribution in [2.75, 3.05) is 0 Å². The van der Waals surface area contributed by atoms with Gasteiger partial charge in [-0.15, -0.1) is 0 Å². The zero-order chi connectivity index (χ0) is 5.98. The van der Waals surface area contributed by atoms with Crippen LogP contribution >= 0.6 is 22.2 Å². The molecule has 0 radical (unpaired) electrons. The molecule has 1 saturated carbocycles. The van der Waals surface area contributed by atoms with Gasteiger partial charge in [-0.05, 0) is 12.0 Å². The monoisotopic (exact) mass is 168 g/mol. The molecule has 0 spiro atoms. The molecule has 0 bridgehead atoms. The maximum Gasteiger partial charge on any atom is 0.237 e. The predicted octanol–water partition coefficient (Wildman–Crippen LogP) is 2.48. The van der Waals surface area contributed by atoms with Gasteiger partial charge in [0.2, 0.25) is 7.42 Å². The molecule has 3 heteroatoms. The first kappa shape index (κ1) is 6.91. The molecule has 0 atom stereocenters. The van der Waals surface area contributed by atoms with Crippen molar-refractivity contribution in [1.29, 1.82) is 0 Å². The van der Waals surface area contributed by atoms with Crippen molar-refractivity contribution in [1.82, 2.24) is 0 Å². The Labute approximate surface area is 61.2 Å². The van der Waals surface area contributed by atoms with Crippen molar-refractivity contribution >= 4 is 29.6 Å². The summed E-state index contributed by atoms with van der Waals surface area (Å²) >= 11 is 11.3. The van der Waals surface area contributed by atoms with Crippen molar-refractivity contribution in [3.8, 4) is 0 Å². The van der Waals surface area contributed by atoms with Crippen LogP contribution in [0.2, 0.25) is 6.04 Å². The Morgan fingerprint density at radius 2 is 2.00 bits per heavy atom. The lowest BCUT2D eigenvalue weighted by atomic mass is 10.3. The molecule has 0 unspecified atom stereocenters. The summed E-state index contributed by atoms with van der Waals surface area (Å²) in [6.07, 6.45) is 4.15. The van der Waals surface area contributed by atoms with E-state index in [0.29, 0.717) is 0 Å². The summed E-state index contributed by atoms with van der Waals surface area (Å²) in [6, 6.07) is 1.12. The van der Waals surface area contributed by atoms with E-state index in [1.807, 2.05) is 0 Å². The molecule has 0 aliphatic heterocycles. The van der Waals surface area contributed by atoms with E-state index >= 15 is 0 Å². The normalized spacial score (nSPS) is 19.9. The number of rotatable bonds is 3. The molecule has 0 heterocycles. The van der Waals surface area contributed by atoms with E-state index in [1.54, 1.807) is 0 Å². The van der Waals surface area contributed by atoms with Gasteiger partial charge in [0.25, 0.3) is 0 Å². The summed E-state index contributed by atoms with van der Waals surface area (Å²) in [6.45, 7) is 0. The van der Waals surface area contributed by atoms with Crippen molar-refractivity contribution in [3.05, 3.63) is 0 Å². The lowest BCUT2D eigenvalue weighted by molar-refractivity contribution is 0.796. The summed E-state index contributed by atoms with van der Waals surface area (Å²) in [4.78, 5) is 0. The second-order valence-corrected chi connectivity index (χ2v) is 7.60. The Bertz CT molecular complexity index is 68.8. The van der Waals surface area contributed by atoms with Gasteiger partial charge in [-0.25, -0.2) is 0 Å². The topological polar surface area (TPSA) is 0 Å². The summed E-state index contributed by atoms with van der Waals surface area (Å²) < 4.78 is 0. The van der Waals surface area contributed by atoms with Gasteiger partial charge in [0, 0.05) is 0 Å². The highest BCUT2D eigenvalue weighted by Crippen LogP contribution is 2.34. The van der Waals surface area contributed by atoms with E-state index in [2.05, 4.69) is 0 Å². The van der Waals surface area contributed by atoms with E-state index in [9.17, 15) is 0 Å². The van der Waals surface area contributed by atoms with E-state index in [1.165, 1.54) is 19.3 Å². The highest BCUT2D eigenvalue weighted by Gasteiger charge is 2.21. The SMILES string of the molecule is Cl[SiH](Cl)CCC1CC1. The Balaban J connectivity index is 1.87. The fourth-order valence-electron chi connectivity index (χ4n) is 0.768. The summed E-state index contributed by atoms with van der Waals surface area (Å²) in [5, 5.41) is 0. The lowest BCUT2D eigenvalue weighted by Gasteiger charge is -1.93. The van der Waals surface area contributed by atoms with E-state index in [0.717, 1.165) is 12.0 Å². The first-order valence-corrected chi connectivity index (χ1v) is 7.38. The Kier molecular flexibility index (Phi) is 2.67. The fourth-order valence-corrected chi connectivity index (χ4v) is 2.25. The molecule has 1 aliphatic rings. The first-order valence-electron chi connectivity index (χ1n) is 3.07. The Hall–Kier alpha value is 0.797. The van der Waals surface area contributed by atoms with Crippen molar-refractivity contribution in [2.45, 2.75) is 25.3 Å². The summed E-state index contributed by atoms with van der Waals surface area (Å²) in [7, 11) is -1.24. The van der Waals surface area contributed by atoms with Crippen LogP contribution in [0.25, 0.3) is 0 Å². The van der Waals surface area contributed by atoms with E-state index < -0.39 is 7.42 Å². The third-order valence-corrected chi connectivity index (χ3v) is 3.57. The minimum absolute atomic E-state index is 1.00. The fraction of sp³-hybridized carbons (Fsp3) is 1.00. The van der Waals surface area contributed by atoms with Gasteiger partial charge >= 0.3 is 0 Å². The number of hydrogen-bond donors (Lipinski definition) is 0. The van der Waals surface area contributed by atoms with Gasteiger partial charge in [-0.2, -0.15) is 22.2 Å². The zero-order valence-electron chi connectivity index (χ0n) is 4.74. The first-order chi connectivity index (χ1) is 3.79. The van der Waals surface area contributed by atoms with Crippen LogP contribution in [0.4, 0.5) is 0 Å². The van der Waals surface area contributed by atoms with Crippen LogP contribution in [0.3, 0.4) is 0 Å². The van der Waals surface area contributed by atoms with Gasteiger partial charge < -0.3 is 0 Å². The van der Waals surface area contributed by atoms with Gasteiger partial charge in [0.15, 0.2) is 0 Å². The van der Waals surface area contributed by atoms with E-state index in [4.69, 9.17) is 22.2 Å². The minimum atomic E-state index is -1.24. The predicted molar refractivity (Wildman–Crippen MR) is 41.0 cm³/mol. The van der Waals surface area contributed by atoms with Crippen LogP contribution in [0.5, 0.6) is 0 Å². The van der Waals surface area contributed by atoms with Crippen LogP contribution in [0, 0.1) is 5.92 Å². The quantitative estimate of drug-likeness (QED) is 0.449. The maximum absolute atomic E-state index is 5.65. The zero-order valence-corrected chi connectivity index (χ0v) is 7.41. The van der Waals surface area contributed by atoms with E-state index in [-0.39, 0.29) is 0 Å². The van der Waals surface area contributed by atoms with Crippen LogP contribution in [-0.4, -0.2) is 7.42 Å². The number of halogens is 2. The molecular formula is C5H10Cl2Si. The Morgan fingerprint density at radius 1 is 1.38 bits per heavy atom. The highest BCUT2D eigenvalue weighted by atomic mass is 35.7. The smallest absolute Gasteiger partial charge is 0.150 e. The minimum Gasteiger partial charge on any atom is -0.150 e. The molecule has 0 N–H and O–H groups in total. The Morgan fingerprint density at radius 3 is 2.38 bits per heavy atom. The van der Waals surface area contributed by atoms with Crippen molar-refractivity contribution in [3.63, 3.8) is 0 Å². The van der Waals surface area contributed by atoms with Gasteiger partial charge in [-0.3, -0.25) is 0 Å². The second kappa shape index (κ2) is 3.09. The molecule has 1 fully saturated rings. The molecule has 1 rings (SSSR count).